The first-order valence-electron chi connectivity index (χ1n) is 4.83. The number of benzene rings is 1. The lowest BCUT2D eigenvalue weighted by Crippen LogP contribution is -2.34. The molecule has 0 fully saturated rings. The average molecular weight is 248 g/mol. The molecule has 0 aliphatic carbocycles. The molecule has 0 bridgehead atoms. The van der Waals surface area contributed by atoms with Crippen molar-refractivity contribution in [2.75, 3.05) is 0 Å². The largest absolute Gasteiger partial charge is 0.330 e. The standard InChI is InChI=1S/C6H5N3.C3H3N3O3/c1-2-4-6-5(3-1)7-9-8-6;7-1-4-2(8)6-3(9)5-1/h1-4H,(H,7,8,9);(H3,4,5,6,7,8,9). The number of nitrogens with one attached hydrogen (secondary N) is 4. The van der Waals surface area contributed by atoms with Crippen molar-refractivity contribution < 1.29 is 0 Å². The van der Waals surface area contributed by atoms with Gasteiger partial charge >= 0.3 is 17.1 Å². The fourth-order valence-electron chi connectivity index (χ4n) is 1.19. The molecule has 2 aromatic heterocycles. The maximum Gasteiger partial charge on any atom is 0.330 e. The fourth-order valence-corrected chi connectivity index (χ4v) is 1.19. The number of rotatable bonds is 0. The Morgan fingerprint density at radius 1 is 0.722 bits per heavy atom. The van der Waals surface area contributed by atoms with Gasteiger partial charge in [-0.05, 0) is 12.1 Å². The van der Waals surface area contributed by atoms with Crippen LogP contribution in [-0.4, -0.2) is 30.4 Å². The van der Waals surface area contributed by atoms with Gasteiger partial charge in [0.2, 0.25) is 0 Å². The van der Waals surface area contributed by atoms with Gasteiger partial charge in [0.1, 0.15) is 11.0 Å². The second-order valence-corrected chi connectivity index (χ2v) is 3.17. The Balaban J connectivity index is 0.000000134. The van der Waals surface area contributed by atoms with Crippen molar-refractivity contribution in [3.05, 3.63) is 55.7 Å². The molecular formula is C9H8N6O3. The lowest BCUT2D eigenvalue weighted by Gasteiger charge is -1.78. The van der Waals surface area contributed by atoms with Crippen LogP contribution in [0.4, 0.5) is 0 Å². The number of hydrogen-bond donors (Lipinski definition) is 4. The van der Waals surface area contributed by atoms with Crippen molar-refractivity contribution in [1.82, 2.24) is 30.4 Å². The van der Waals surface area contributed by atoms with Crippen LogP contribution in [0.5, 0.6) is 0 Å². The summed E-state index contributed by atoms with van der Waals surface area (Å²) in [4.78, 5) is 35.9. The number of aromatic amines is 4. The predicted octanol–water partition coefficient (Wildman–Crippen LogP) is -1.29. The number of H-pyrrole nitrogens is 4. The fraction of sp³-hybridized carbons (Fsp3) is 0. The van der Waals surface area contributed by atoms with E-state index in [0.29, 0.717) is 0 Å². The van der Waals surface area contributed by atoms with E-state index in [1.807, 2.05) is 24.3 Å². The zero-order valence-electron chi connectivity index (χ0n) is 8.93. The van der Waals surface area contributed by atoms with Gasteiger partial charge in [-0.2, -0.15) is 15.4 Å². The van der Waals surface area contributed by atoms with Crippen molar-refractivity contribution in [2.45, 2.75) is 0 Å². The van der Waals surface area contributed by atoms with E-state index in [4.69, 9.17) is 0 Å². The Hall–Kier alpha value is -2.97. The molecule has 9 heteroatoms. The van der Waals surface area contributed by atoms with E-state index in [-0.39, 0.29) is 0 Å². The minimum absolute atomic E-state index is 0.802. The number of fused-ring (bicyclic) bond motifs is 1. The number of aromatic nitrogens is 6. The Labute approximate surface area is 97.9 Å². The van der Waals surface area contributed by atoms with Gasteiger partial charge in [0, 0.05) is 0 Å². The van der Waals surface area contributed by atoms with Crippen molar-refractivity contribution in [3.63, 3.8) is 0 Å². The quantitative estimate of drug-likeness (QED) is 0.391. The molecule has 0 aliphatic rings. The van der Waals surface area contributed by atoms with Gasteiger partial charge in [0.25, 0.3) is 0 Å². The van der Waals surface area contributed by atoms with E-state index in [1.54, 1.807) is 15.0 Å². The molecule has 92 valence electrons. The first kappa shape index (κ1) is 11.5. The normalized spacial score (nSPS) is 9.78. The second kappa shape index (κ2) is 4.91. The van der Waals surface area contributed by atoms with Crippen molar-refractivity contribution >= 4 is 11.0 Å². The predicted molar refractivity (Wildman–Crippen MR) is 62.2 cm³/mol. The molecule has 18 heavy (non-hydrogen) atoms. The van der Waals surface area contributed by atoms with E-state index in [9.17, 15) is 14.4 Å². The lowest BCUT2D eigenvalue weighted by molar-refractivity contribution is 0.888. The highest BCUT2D eigenvalue weighted by Gasteiger charge is 1.90. The summed E-state index contributed by atoms with van der Waals surface area (Å²) >= 11 is 0. The second-order valence-electron chi connectivity index (χ2n) is 3.17. The Bertz CT molecular complexity index is 702. The molecule has 0 aliphatic heterocycles. The Morgan fingerprint density at radius 3 is 1.50 bits per heavy atom. The van der Waals surface area contributed by atoms with Crippen molar-refractivity contribution in [1.29, 1.82) is 0 Å². The molecule has 9 nitrogen and oxygen atoms in total. The number of para-hydroxylation sites is 2. The summed E-state index contributed by atoms with van der Waals surface area (Å²) < 4.78 is 0. The molecule has 0 saturated heterocycles. The molecule has 2 heterocycles. The monoisotopic (exact) mass is 248 g/mol. The molecule has 0 unspecified atom stereocenters. The van der Waals surface area contributed by atoms with E-state index in [2.05, 4.69) is 15.4 Å². The highest BCUT2D eigenvalue weighted by atomic mass is 16.2. The Kier molecular flexibility index (Phi) is 3.14. The van der Waals surface area contributed by atoms with Crippen LogP contribution in [0.15, 0.2) is 38.6 Å². The summed E-state index contributed by atoms with van der Waals surface area (Å²) in [7, 11) is 0. The third-order valence-electron chi connectivity index (χ3n) is 1.90. The third-order valence-corrected chi connectivity index (χ3v) is 1.90. The number of hydrogen-bond acceptors (Lipinski definition) is 5. The zero-order valence-corrected chi connectivity index (χ0v) is 8.93. The van der Waals surface area contributed by atoms with Crippen molar-refractivity contribution in [2.24, 2.45) is 0 Å². The molecule has 0 radical (unpaired) electrons. The van der Waals surface area contributed by atoms with Gasteiger partial charge in [0.05, 0.1) is 0 Å². The van der Waals surface area contributed by atoms with Crippen LogP contribution in [0.1, 0.15) is 0 Å². The molecule has 3 rings (SSSR count). The molecule has 4 N–H and O–H groups in total. The summed E-state index contributed by atoms with van der Waals surface area (Å²) in [5.41, 5.74) is -0.578. The van der Waals surface area contributed by atoms with Gasteiger partial charge < -0.3 is 0 Å². The summed E-state index contributed by atoms with van der Waals surface area (Å²) in [5.74, 6) is 0. The first-order chi connectivity index (χ1) is 8.65. The Morgan fingerprint density at radius 2 is 1.11 bits per heavy atom. The van der Waals surface area contributed by atoms with E-state index < -0.39 is 17.1 Å². The average Bonchev–Trinajstić information content (AvgIpc) is 2.75. The van der Waals surface area contributed by atoms with Crippen LogP contribution in [0.25, 0.3) is 11.0 Å². The van der Waals surface area contributed by atoms with Gasteiger partial charge in [-0.3, -0.25) is 15.0 Å². The van der Waals surface area contributed by atoms with E-state index in [1.165, 1.54) is 0 Å². The third kappa shape index (κ3) is 2.78. The summed E-state index contributed by atoms with van der Waals surface area (Å²) in [6.07, 6.45) is 0. The first-order valence-corrected chi connectivity index (χ1v) is 4.83. The summed E-state index contributed by atoms with van der Waals surface area (Å²) in [6.45, 7) is 0. The number of nitrogens with zero attached hydrogens (tertiary/aromatic N) is 2. The molecule has 0 spiro atoms. The maximum absolute atomic E-state index is 10.2. The van der Waals surface area contributed by atoms with Crippen LogP contribution in [0.3, 0.4) is 0 Å². The summed E-state index contributed by atoms with van der Waals surface area (Å²) in [5, 5.41) is 10.3. The van der Waals surface area contributed by atoms with Gasteiger partial charge in [0.15, 0.2) is 0 Å². The van der Waals surface area contributed by atoms with Crippen LogP contribution in [0.2, 0.25) is 0 Å². The minimum Gasteiger partial charge on any atom is -0.259 e. The van der Waals surface area contributed by atoms with Crippen LogP contribution < -0.4 is 17.1 Å². The lowest BCUT2D eigenvalue weighted by atomic mass is 10.3. The smallest absolute Gasteiger partial charge is 0.259 e. The van der Waals surface area contributed by atoms with E-state index in [0.717, 1.165) is 11.0 Å². The van der Waals surface area contributed by atoms with E-state index >= 15 is 0 Å². The maximum atomic E-state index is 10.2. The molecule has 0 saturated carbocycles. The molecule has 0 atom stereocenters. The zero-order chi connectivity index (χ0) is 13.0. The highest BCUT2D eigenvalue weighted by Crippen LogP contribution is 2.03. The molecule has 0 amide bonds. The highest BCUT2D eigenvalue weighted by molar-refractivity contribution is 5.72. The molecular weight excluding hydrogens is 240 g/mol. The van der Waals surface area contributed by atoms with Gasteiger partial charge in [-0.1, -0.05) is 12.1 Å². The summed E-state index contributed by atoms with van der Waals surface area (Å²) in [6, 6.07) is 7.70. The minimum atomic E-state index is -0.802. The van der Waals surface area contributed by atoms with Crippen LogP contribution >= 0.6 is 0 Å². The van der Waals surface area contributed by atoms with Gasteiger partial charge in [-0.25, -0.2) is 14.4 Å². The molecule has 1 aromatic carbocycles. The van der Waals surface area contributed by atoms with Gasteiger partial charge in [-0.15, -0.1) is 0 Å². The van der Waals surface area contributed by atoms with Crippen LogP contribution in [-0.2, 0) is 0 Å². The topological polar surface area (TPSA) is 140 Å². The van der Waals surface area contributed by atoms with Crippen LogP contribution in [0, 0.1) is 0 Å². The molecule has 3 aromatic rings. The SMILES string of the molecule is O=c1[nH]c(=O)[nH]c(=O)[nH]1.c1ccc2n[nH]nc2c1. The van der Waals surface area contributed by atoms with Crippen molar-refractivity contribution in [3.8, 4) is 0 Å².